The molecule has 3 heteroatoms. The Morgan fingerprint density at radius 1 is 1.21 bits per heavy atom. The van der Waals surface area contributed by atoms with Gasteiger partial charge in [0.2, 0.25) is 0 Å². The van der Waals surface area contributed by atoms with Crippen LogP contribution in [0.4, 0.5) is 0 Å². The lowest BCUT2D eigenvalue weighted by Crippen LogP contribution is -2.11. The molecule has 0 aromatic carbocycles. The van der Waals surface area contributed by atoms with Crippen LogP contribution in [0.5, 0.6) is 0 Å². The summed E-state index contributed by atoms with van der Waals surface area (Å²) in [5, 5.41) is 4.22. The van der Waals surface area contributed by atoms with Crippen molar-refractivity contribution in [1.82, 2.24) is 14.7 Å². The molecular formula is C11H23N3. The van der Waals surface area contributed by atoms with Gasteiger partial charge in [-0.2, -0.15) is 5.10 Å². The van der Waals surface area contributed by atoms with Crippen molar-refractivity contribution in [3.8, 4) is 0 Å². The molecule has 82 valence electrons. The first-order chi connectivity index (χ1) is 6.77. The van der Waals surface area contributed by atoms with E-state index in [4.69, 9.17) is 0 Å². The second-order valence-corrected chi connectivity index (χ2v) is 2.93. The number of aromatic nitrogens is 2. The quantitative estimate of drug-likeness (QED) is 0.637. The van der Waals surface area contributed by atoms with Crippen LogP contribution in [0.15, 0.2) is 6.20 Å². The predicted octanol–water partition coefficient (Wildman–Crippen LogP) is 2.65. The van der Waals surface area contributed by atoms with Crippen molar-refractivity contribution in [2.24, 2.45) is 0 Å². The summed E-state index contributed by atoms with van der Waals surface area (Å²) in [6.07, 6.45) is 1.93. The average molecular weight is 197 g/mol. The molecule has 0 aliphatic carbocycles. The molecule has 0 radical (unpaired) electrons. The normalized spacial score (nSPS) is 13.6. The minimum absolute atomic E-state index is 0.948. The second-order valence-electron chi connectivity index (χ2n) is 2.93. The van der Waals surface area contributed by atoms with E-state index in [1.807, 2.05) is 33.9 Å². The molecule has 0 atom stereocenters. The number of rotatable bonds is 0. The van der Waals surface area contributed by atoms with E-state index in [-0.39, 0.29) is 0 Å². The average Bonchev–Trinajstić information content (AvgIpc) is 2.75. The maximum Gasteiger partial charge on any atom is 0.0933 e. The Hall–Kier alpha value is -0.830. The topological polar surface area (TPSA) is 21.1 Å². The van der Waals surface area contributed by atoms with Gasteiger partial charge in [-0.15, -0.1) is 0 Å². The molecule has 0 bridgehead atoms. The van der Waals surface area contributed by atoms with Gasteiger partial charge in [0.1, 0.15) is 0 Å². The molecule has 1 aliphatic heterocycles. The minimum Gasteiger partial charge on any atom is -0.282 e. The van der Waals surface area contributed by atoms with Crippen molar-refractivity contribution in [1.29, 1.82) is 0 Å². The summed E-state index contributed by atoms with van der Waals surface area (Å²) >= 11 is 0. The van der Waals surface area contributed by atoms with Gasteiger partial charge in [-0.1, -0.05) is 27.7 Å². The Labute approximate surface area is 87.7 Å². The fraction of sp³-hybridized carbons (Fsp3) is 0.727. The monoisotopic (exact) mass is 197 g/mol. The zero-order chi connectivity index (χ0) is 11.1. The highest BCUT2D eigenvalue weighted by molar-refractivity contribution is 5.16. The standard InChI is InChI=1S/C7H11N3.2C2H6/c1-6-3-8-10-5-9(2)4-7(6)10;2*1-2/h3H,4-5H2,1-2H3;2*1-2H3. The van der Waals surface area contributed by atoms with E-state index in [1.165, 1.54) is 11.3 Å². The first-order valence-corrected chi connectivity index (χ1v) is 5.47. The highest BCUT2D eigenvalue weighted by atomic mass is 15.4. The van der Waals surface area contributed by atoms with Crippen LogP contribution < -0.4 is 0 Å². The summed E-state index contributed by atoms with van der Waals surface area (Å²) < 4.78 is 2.05. The summed E-state index contributed by atoms with van der Waals surface area (Å²) in [6.45, 7) is 12.1. The van der Waals surface area contributed by atoms with E-state index in [0.717, 1.165) is 13.2 Å². The Bertz CT molecular complexity index is 253. The molecule has 3 nitrogen and oxygen atoms in total. The molecule has 2 heterocycles. The molecule has 0 N–H and O–H groups in total. The maximum atomic E-state index is 4.22. The van der Waals surface area contributed by atoms with Gasteiger partial charge in [-0.3, -0.25) is 9.58 Å². The van der Waals surface area contributed by atoms with Gasteiger partial charge < -0.3 is 0 Å². The van der Waals surface area contributed by atoms with Crippen LogP contribution in [0.25, 0.3) is 0 Å². The van der Waals surface area contributed by atoms with Crippen LogP contribution in [0.3, 0.4) is 0 Å². The number of hydrogen-bond donors (Lipinski definition) is 0. The predicted molar refractivity (Wildman–Crippen MR) is 61.1 cm³/mol. The highest BCUT2D eigenvalue weighted by Crippen LogP contribution is 2.15. The first-order valence-electron chi connectivity index (χ1n) is 5.47. The molecular weight excluding hydrogens is 174 g/mol. The Morgan fingerprint density at radius 3 is 2.29 bits per heavy atom. The smallest absolute Gasteiger partial charge is 0.0933 e. The number of nitrogens with zero attached hydrogens (tertiary/aromatic N) is 3. The maximum absolute atomic E-state index is 4.22. The largest absolute Gasteiger partial charge is 0.282 e. The lowest BCUT2D eigenvalue weighted by Gasteiger charge is -2.02. The molecule has 1 aromatic rings. The van der Waals surface area contributed by atoms with Gasteiger partial charge in [-0.05, 0) is 19.5 Å². The van der Waals surface area contributed by atoms with Gasteiger partial charge in [0, 0.05) is 6.54 Å². The lowest BCUT2D eigenvalue weighted by atomic mass is 10.3. The zero-order valence-corrected chi connectivity index (χ0v) is 10.3. The van der Waals surface area contributed by atoms with Crippen molar-refractivity contribution in [2.75, 3.05) is 7.05 Å². The van der Waals surface area contributed by atoms with E-state index >= 15 is 0 Å². The molecule has 0 fully saturated rings. The highest BCUT2D eigenvalue weighted by Gasteiger charge is 2.17. The van der Waals surface area contributed by atoms with E-state index in [9.17, 15) is 0 Å². The minimum atomic E-state index is 0.948. The van der Waals surface area contributed by atoms with Crippen LogP contribution in [0.1, 0.15) is 39.0 Å². The van der Waals surface area contributed by atoms with Gasteiger partial charge in [0.15, 0.2) is 0 Å². The Kier molecular flexibility index (Phi) is 6.21. The molecule has 1 aromatic heterocycles. The fourth-order valence-electron chi connectivity index (χ4n) is 1.37. The van der Waals surface area contributed by atoms with Crippen molar-refractivity contribution < 1.29 is 0 Å². The SMILES string of the molecule is CC.CC.Cc1cnn2c1CN(C)C2. The number of hydrogen-bond acceptors (Lipinski definition) is 2. The molecule has 0 amide bonds. The summed E-state index contributed by atoms with van der Waals surface area (Å²) in [6, 6.07) is 0. The number of fused-ring (bicyclic) bond motifs is 1. The van der Waals surface area contributed by atoms with Gasteiger partial charge in [0.25, 0.3) is 0 Å². The molecule has 14 heavy (non-hydrogen) atoms. The van der Waals surface area contributed by atoms with Crippen LogP contribution in [0, 0.1) is 6.92 Å². The molecule has 2 rings (SSSR count). The molecule has 1 aliphatic rings. The van der Waals surface area contributed by atoms with Crippen molar-refractivity contribution in [2.45, 2.75) is 47.8 Å². The van der Waals surface area contributed by atoms with Gasteiger partial charge in [0.05, 0.1) is 18.6 Å². The second kappa shape index (κ2) is 6.60. The van der Waals surface area contributed by atoms with Crippen LogP contribution in [-0.4, -0.2) is 21.7 Å². The van der Waals surface area contributed by atoms with Crippen molar-refractivity contribution in [3.05, 3.63) is 17.5 Å². The third-order valence-electron chi connectivity index (χ3n) is 1.95. The van der Waals surface area contributed by atoms with Gasteiger partial charge >= 0.3 is 0 Å². The van der Waals surface area contributed by atoms with Gasteiger partial charge in [-0.25, -0.2) is 0 Å². The van der Waals surface area contributed by atoms with Crippen LogP contribution in [0.2, 0.25) is 0 Å². The first kappa shape index (κ1) is 13.2. The van der Waals surface area contributed by atoms with Crippen molar-refractivity contribution >= 4 is 0 Å². The molecule has 0 unspecified atom stereocenters. The van der Waals surface area contributed by atoms with E-state index in [1.54, 1.807) is 0 Å². The third kappa shape index (κ3) is 2.84. The van der Waals surface area contributed by atoms with Crippen LogP contribution in [-0.2, 0) is 13.2 Å². The van der Waals surface area contributed by atoms with E-state index < -0.39 is 0 Å². The van der Waals surface area contributed by atoms with E-state index in [0.29, 0.717) is 0 Å². The molecule has 0 saturated carbocycles. The summed E-state index contributed by atoms with van der Waals surface area (Å²) in [5.41, 5.74) is 2.67. The molecule has 0 spiro atoms. The lowest BCUT2D eigenvalue weighted by molar-refractivity contribution is 0.306. The van der Waals surface area contributed by atoms with Crippen molar-refractivity contribution in [3.63, 3.8) is 0 Å². The summed E-state index contributed by atoms with van der Waals surface area (Å²) in [7, 11) is 2.11. The van der Waals surface area contributed by atoms with E-state index in [2.05, 4.69) is 28.7 Å². The Morgan fingerprint density at radius 2 is 1.79 bits per heavy atom. The van der Waals surface area contributed by atoms with Crippen LogP contribution >= 0.6 is 0 Å². The Balaban J connectivity index is 0.000000379. The number of aryl methyl sites for hydroxylation is 1. The molecule has 0 saturated heterocycles. The summed E-state index contributed by atoms with van der Waals surface area (Å²) in [5.74, 6) is 0. The fourth-order valence-corrected chi connectivity index (χ4v) is 1.37. The third-order valence-corrected chi connectivity index (χ3v) is 1.95. The summed E-state index contributed by atoms with van der Waals surface area (Å²) in [4.78, 5) is 2.25. The zero-order valence-electron chi connectivity index (χ0n) is 10.3.